The molecule has 0 amide bonds. The molecule has 0 saturated heterocycles. The molecule has 106 valence electrons. The van der Waals surface area contributed by atoms with Gasteiger partial charge in [0.1, 0.15) is 0 Å². The molecule has 4 heteroatoms. The summed E-state index contributed by atoms with van der Waals surface area (Å²) in [5.74, 6) is 0.561. The molecule has 1 atom stereocenters. The van der Waals surface area contributed by atoms with Crippen LogP contribution >= 0.6 is 11.6 Å². The van der Waals surface area contributed by atoms with E-state index in [1.165, 1.54) is 18.4 Å². The topological polar surface area (TPSA) is 38.7 Å². The lowest BCUT2D eigenvalue weighted by molar-refractivity contribution is -0.156. The Morgan fingerprint density at radius 3 is 2.84 bits per heavy atom. The zero-order valence-electron chi connectivity index (χ0n) is 11.5. The molecule has 3 nitrogen and oxygen atoms in total. The van der Waals surface area contributed by atoms with Gasteiger partial charge in [-0.05, 0) is 36.5 Å². The molecule has 1 unspecified atom stereocenters. The molecule has 1 aromatic rings. The van der Waals surface area contributed by atoms with Crippen LogP contribution in [0.4, 0.5) is 0 Å². The molecule has 0 saturated carbocycles. The minimum Gasteiger partial charge on any atom is -0.483 e. The Morgan fingerprint density at radius 2 is 2.16 bits per heavy atom. The van der Waals surface area contributed by atoms with E-state index < -0.39 is 5.79 Å². The van der Waals surface area contributed by atoms with E-state index in [-0.39, 0.29) is 12.5 Å². The van der Waals surface area contributed by atoms with Crippen molar-refractivity contribution >= 4 is 11.6 Å². The maximum absolute atomic E-state index is 9.92. The summed E-state index contributed by atoms with van der Waals surface area (Å²) in [6.07, 6.45) is 3.43. The summed E-state index contributed by atoms with van der Waals surface area (Å²) in [5, 5.41) is 9.92. The molecule has 1 heterocycles. The molecule has 1 aliphatic heterocycles. The molecule has 1 N–H and O–H groups in total. The van der Waals surface area contributed by atoms with Crippen molar-refractivity contribution in [1.82, 2.24) is 0 Å². The highest BCUT2D eigenvalue weighted by Gasteiger charge is 2.34. The predicted octanol–water partition coefficient (Wildman–Crippen LogP) is 3.36. The smallest absolute Gasteiger partial charge is 0.256 e. The molecule has 1 aliphatic rings. The molecule has 1 aromatic carbocycles. The lowest BCUT2D eigenvalue weighted by Gasteiger charge is -2.32. The van der Waals surface area contributed by atoms with Crippen LogP contribution in [-0.4, -0.2) is 23.4 Å². The third kappa shape index (κ3) is 3.77. The summed E-state index contributed by atoms with van der Waals surface area (Å²) in [5.41, 5.74) is 1.24. The lowest BCUT2D eigenvalue weighted by atomic mass is 10.0. The van der Waals surface area contributed by atoms with Gasteiger partial charge >= 0.3 is 0 Å². The van der Waals surface area contributed by atoms with Crippen molar-refractivity contribution in [1.29, 1.82) is 0 Å². The molecule has 0 fully saturated rings. The van der Waals surface area contributed by atoms with Crippen molar-refractivity contribution in [3.05, 3.63) is 23.8 Å². The van der Waals surface area contributed by atoms with Crippen molar-refractivity contribution in [2.45, 2.75) is 38.9 Å². The maximum Gasteiger partial charge on any atom is 0.256 e. The molecule has 0 bridgehead atoms. The fourth-order valence-electron chi connectivity index (χ4n) is 2.11. The number of benzene rings is 1. The summed E-state index contributed by atoms with van der Waals surface area (Å²) < 4.78 is 11.0. The number of fused-ring (bicyclic) bond motifs is 1. The number of alkyl halides is 1. The van der Waals surface area contributed by atoms with E-state index in [9.17, 15) is 5.11 Å². The lowest BCUT2D eigenvalue weighted by Crippen LogP contribution is -2.46. The van der Waals surface area contributed by atoms with Crippen LogP contribution < -0.4 is 9.47 Å². The van der Waals surface area contributed by atoms with Crippen molar-refractivity contribution in [2.24, 2.45) is 5.92 Å². The standard InChI is InChI=1S/C15H21ClO3/c1-11(2)4-3-5-12-6-7-13-14(8-12)18-10-15(17,9-16)19-13/h6-8,11,17H,3-5,9-10H2,1-2H3. The van der Waals surface area contributed by atoms with Gasteiger partial charge in [0, 0.05) is 0 Å². The van der Waals surface area contributed by atoms with Crippen LogP contribution in [0.5, 0.6) is 11.5 Å². The van der Waals surface area contributed by atoms with Crippen molar-refractivity contribution in [2.75, 3.05) is 12.5 Å². The highest BCUT2D eigenvalue weighted by atomic mass is 35.5. The normalized spacial score (nSPS) is 21.7. The Labute approximate surface area is 119 Å². The van der Waals surface area contributed by atoms with Gasteiger partial charge in [0.05, 0.1) is 5.88 Å². The quantitative estimate of drug-likeness (QED) is 0.843. The number of hydrogen-bond donors (Lipinski definition) is 1. The van der Waals surface area contributed by atoms with E-state index in [1.54, 1.807) is 0 Å². The van der Waals surface area contributed by atoms with Gasteiger partial charge in [-0.3, -0.25) is 0 Å². The summed E-state index contributed by atoms with van der Waals surface area (Å²) in [6.45, 7) is 4.53. The Morgan fingerprint density at radius 1 is 1.37 bits per heavy atom. The van der Waals surface area contributed by atoms with E-state index in [2.05, 4.69) is 13.8 Å². The first-order valence-corrected chi connectivity index (χ1v) is 7.29. The summed E-state index contributed by atoms with van der Waals surface area (Å²) in [7, 11) is 0. The van der Waals surface area contributed by atoms with E-state index in [4.69, 9.17) is 21.1 Å². The monoisotopic (exact) mass is 284 g/mol. The number of aryl methyl sites for hydroxylation is 1. The minimum absolute atomic E-state index is 0.0113. The predicted molar refractivity (Wildman–Crippen MR) is 76.0 cm³/mol. The number of rotatable bonds is 5. The van der Waals surface area contributed by atoms with Crippen LogP contribution in [0.25, 0.3) is 0 Å². The largest absolute Gasteiger partial charge is 0.483 e. The van der Waals surface area contributed by atoms with Gasteiger partial charge in [0.25, 0.3) is 5.79 Å². The maximum atomic E-state index is 9.92. The Kier molecular flexibility index (Phi) is 4.58. The first-order valence-electron chi connectivity index (χ1n) is 6.75. The average Bonchev–Trinajstić information content (AvgIpc) is 2.38. The van der Waals surface area contributed by atoms with Crippen molar-refractivity contribution in [3.8, 4) is 11.5 Å². The third-order valence-corrected chi connectivity index (χ3v) is 3.63. The second kappa shape index (κ2) is 6.02. The molecular formula is C15H21ClO3. The summed E-state index contributed by atoms with van der Waals surface area (Å²) in [6, 6.07) is 5.85. The molecule has 0 radical (unpaired) electrons. The zero-order valence-corrected chi connectivity index (χ0v) is 12.2. The van der Waals surface area contributed by atoms with Crippen LogP contribution in [0.1, 0.15) is 32.3 Å². The summed E-state index contributed by atoms with van der Waals surface area (Å²) in [4.78, 5) is 0. The van der Waals surface area contributed by atoms with Gasteiger partial charge in [-0.15, -0.1) is 11.6 Å². The molecule has 0 spiro atoms. The highest BCUT2D eigenvalue weighted by molar-refractivity contribution is 6.18. The SMILES string of the molecule is CC(C)CCCc1ccc2c(c1)OCC(O)(CCl)O2. The molecule has 0 aliphatic carbocycles. The van der Waals surface area contributed by atoms with E-state index >= 15 is 0 Å². The van der Waals surface area contributed by atoms with E-state index in [0.717, 1.165) is 12.3 Å². The zero-order chi connectivity index (χ0) is 13.9. The Balaban J connectivity index is 2.01. The second-order valence-electron chi connectivity index (χ2n) is 5.54. The van der Waals surface area contributed by atoms with Crippen LogP contribution in [-0.2, 0) is 6.42 Å². The Bertz CT molecular complexity index is 433. The van der Waals surface area contributed by atoms with Gasteiger partial charge in [0.15, 0.2) is 18.1 Å². The van der Waals surface area contributed by atoms with Crippen LogP contribution in [0, 0.1) is 5.92 Å². The van der Waals surface area contributed by atoms with Gasteiger partial charge < -0.3 is 14.6 Å². The van der Waals surface area contributed by atoms with Crippen LogP contribution in [0.15, 0.2) is 18.2 Å². The van der Waals surface area contributed by atoms with Gasteiger partial charge in [0.2, 0.25) is 0 Å². The van der Waals surface area contributed by atoms with E-state index in [0.29, 0.717) is 11.5 Å². The average molecular weight is 285 g/mol. The molecule has 2 rings (SSSR count). The van der Waals surface area contributed by atoms with Gasteiger partial charge in [-0.25, -0.2) is 0 Å². The van der Waals surface area contributed by atoms with Crippen molar-refractivity contribution < 1.29 is 14.6 Å². The number of hydrogen-bond acceptors (Lipinski definition) is 3. The van der Waals surface area contributed by atoms with Crippen molar-refractivity contribution in [3.63, 3.8) is 0 Å². The second-order valence-corrected chi connectivity index (χ2v) is 5.80. The molecule has 19 heavy (non-hydrogen) atoms. The third-order valence-electron chi connectivity index (χ3n) is 3.22. The fourth-order valence-corrected chi connectivity index (χ4v) is 2.24. The Hall–Kier alpha value is -0.930. The first-order chi connectivity index (χ1) is 9.02. The number of halogens is 1. The number of aliphatic hydroxyl groups is 1. The van der Waals surface area contributed by atoms with Crippen LogP contribution in [0.2, 0.25) is 0 Å². The highest BCUT2D eigenvalue weighted by Crippen LogP contribution is 2.35. The fraction of sp³-hybridized carbons (Fsp3) is 0.600. The molecular weight excluding hydrogens is 264 g/mol. The van der Waals surface area contributed by atoms with Gasteiger partial charge in [-0.2, -0.15) is 0 Å². The minimum atomic E-state index is -1.41. The van der Waals surface area contributed by atoms with Gasteiger partial charge in [-0.1, -0.05) is 26.3 Å². The van der Waals surface area contributed by atoms with Crippen LogP contribution in [0.3, 0.4) is 0 Å². The van der Waals surface area contributed by atoms with E-state index in [1.807, 2.05) is 18.2 Å². The number of ether oxygens (including phenoxy) is 2. The summed E-state index contributed by atoms with van der Waals surface area (Å²) >= 11 is 5.66. The molecule has 0 aromatic heterocycles. The first kappa shape index (κ1) is 14.5.